The molecule has 0 radical (unpaired) electrons. The molecule has 0 spiro atoms. The van der Waals surface area contributed by atoms with Crippen molar-refractivity contribution in [3.8, 4) is 11.1 Å². The molecule has 2 aromatic carbocycles. The first kappa shape index (κ1) is 14.5. The van der Waals surface area contributed by atoms with Gasteiger partial charge in [0.1, 0.15) is 5.82 Å². The number of rotatable bonds is 2. The van der Waals surface area contributed by atoms with Crippen LogP contribution in [0.25, 0.3) is 16.7 Å². The third kappa shape index (κ3) is 3.09. The lowest BCUT2D eigenvalue weighted by atomic mass is 9.97. The monoisotopic (exact) mass is 290 g/mol. The molecule has 0 heterocycles. The zero-order valence-corrected chi connectivity index (χ0v) is 12.9. The Morgan fingerprint density at radius 3 is 2.00 bits per heavy atom. The Bertz CT molecular complexity index is 743. The van der Waals surface area contributed by atoms with Gasteiger partial charge in [-0.3, -0.25) is 0 Å². The van der Waals surface area contributed by atoms with E-state index in [1.165, 1.54) is 28.8 Å². The first-order chi connectivity index (χ1) is 10.6. The van der Waals surface area contributed by atoms with Crippen molar-refractivity contribution in [1.29, 1.82) is 0 Å². The van der Waals surface area contributed by atoms with Gasteiger partial charge in [0.15, 0.2) is 0 Å². The minimum absolute atomic E-state index is 0.203. The van der Waals surface area contributed by atoms with Crippen LogP contribution >= 0.6 is 0 Å². The zero-order chi connectivity index (χ0) is 15.5. The van der Waals surface area contributed by atoms with Gasteiger partial charge >= 0.3 is 0 Å². The summed E-state index contributed by atoms with van der Waals surface area (Å²) in [5.74, 6) is 0.276. The lowest BCUT2D eigenvalue weighted by Crippen LogP contribution is -1.90. The predicted octanol–water partition coefficient (Wildman–Crippen LogP) is 6.03. The summed E-state index contributed by atoms with van der Waals surface area (Å²) in [4.78, 5) is 0. The van der Waals surface area contributed by atoms with Gasteiger partial charge in [-0.2, -0.15) is 0 Å². The fourth-order valence-corrected chi connectivity index (χ4v) is 2.58. The summed E-state index contributed by atoms with van der Waals surface area (Å²) in [5, 5.41) is 0. The van der Waals surface area contributed by atoms with Crippen LogP contribution in [0.1, 0.15) is 19.4 Å². The summed E-state index contributed by atoms with van der Waals surface area (Å²) in [6, 6.07) is 15.0. The normalized spacial score (nSPS) is 17.7. The second-order valence-corrected chi connectivity index (χ2v) is 5.77. The summed E-state index contributed by atoms with van der Waals surface area (Å²) in [7, 11) is 0. The number of halogens is 1. The van der Waals surface area contributed by atoms with Gasteiger partial charge in [0.25, 0.3) is 0 Å². The van der Waals surface area contributed by atoms with E-state index in [2.05, 4.69) is 62.4 Å². The van der Waals surface area contributed by atoms with Crippen LogP contribution in [-0.4, -0.2) is 0 Å². The van der Waals surface area contributed by atoms with Crippen LogP contribution in [0.4, 0.5) is 4.39 Å². The van der Waals surface area contributed by atoms with Crippen LogP contribution in [0.5, 0.6) is 0 Å². The first-order valence-corrected chi connectivity index (χ1v) is 7.56. The smallest absolute Gasteiger partial charge is 0.123 e. The first-order valence-electron chi connectivity index (χ1n) is 7.56. The molecule has 1 aliphatic rings. The van der Waals surface area contributed by atoms with Crippen molar-refractivity contribution in [1.82, 2.24) is 0 Å². The summed E-state index contributed by atoms with van der Waals surface area (Å²) >= 11 is 0. The highest BCUT2D eigenvalue weighted by Gasteiger charge is 2.06. The molecule has 1 aliphatic carbocycles. The highest BCUT2D eigenvalue weighted by Crippen LogP contribution is 2.27. The van der Waals surface area contributed by atoms with Gasteiger partial charge in [0.2, 0.25) is 0 Å². The van der Waals surface area contributed by atoms with Gasteiger partial charge in [-0.1, -0.05) is 73.2 Å². The lowest BCUT2D eigenvalue weighted by Gasteiger charge is -2.08. The predicted molar refractivity (Wildman–Crippen MR) is 91.9 cm³/mol. The quantitative estimate of drug-likeness (QED) is 0.633. The molecule has 0 nitrogen and oxygen atoms in total. The molecule has 0 saturated carbocycles. The van der Waals surface area contributed by atoms with E-state index in [0.717, 1.165) is 11.1 Å². The van der Waals surface area contributed by atoms with Crippen molar-refractivity contribution in [3.63, 3.8) is 0 Å². The van der Waals surface area contributed by atoms with Gasteiger partial charge in [-0.15, -0.1) is 0 Å². The van der Waals surface area contributed by atoms with E-state index in [1.54, 1.807) is 0 Å². The standard InChI is InChI=1S/C21H19F/c1-15-4-3-5-20(14-16(15)2)19-8-6-17(7-9-19)18-10-12-21(22)13-11-18/h3-15H,1-2H3. The van der Waals surface area contributed by atoms with Gasteiger partial charge in [0.05, 0.1) is 0 Å². The van der Waals surface area contributed by atoms with Crippen molar-refractivity contribution < 1.29 is 4.39 Å². The van der Waals surface area contributed by atoms with Crippen LogP contribution in [-0.2, 0) is 0 Å². The highest BCUT2D eigenvalue weighted by molar-refractivity contribution is 5.78. The zero-order valence-electron chi connectivity index (χ0n) is 12.9. The van der Waals surface area contributed by atoms with Crippen LogP contribution < -0.4 is 0 Å². The van der Waals surface area contributed by atoms with Gasteiger partial charge < -0.3 is 0 Å². The Kier molecular flexibility index (Phi) is 4.06. The van der Waals surface area contributed by atoms with E-state index in [9.17, 15) is 4.39 Å². The Labute approximate surface area is 131 Å². The molecular weight excluding hydrogens is 271 g/mol. The average Bonchev–Trinajstić information content (AvgIpc) is 2.70. The molecule has 0 amide bonds. The fraction of sp³-hybridized carbons (Fsp3) is 0.143. The molecule has 1 unspecified atom stereocenters. The van der Waals surface area contributed by atoms with Gasteiger partial charge in [-0.25, -0.2) is 4.39 Å². The molecular formula is C21H19F. The van der Waals surface area contributed by atoms with Crippen LogP contribution in [0, 0.1) is 11.7 Å². The lowest BCUT2D eigenvalue weighted by molar-refractivity contribution is 0.628. The second-order valence-electron chi connectivity index (χ2n) is 5.77. The Balaban J connectivity index is 1.90. The van der Waals surface area contributed by atoms with Crippen molar-refractivity contribution in [2.45, 2.75) is 13.8 Å². The molecule has 2 aromatic rings. The van der Waals surface area contributed by atoms with E-state index in [4.69, 9.17) is 0 Å². The number of hydrogen-bond acceptors (Lipinski definition) is 0. The maximum Gasteiger partial charge on any atom is 0.123 e. The Hall–Kier alpha value is -2.41. The van der Waals surface area contributed by atoms with E-state index < -0.39 is 0 Å². The van der Waals surface area contributed by atoms with Crippen molar-refractivity contribution in [2.75, 3.05) is 0 Å². The fourth-order valence-electron chi connectivity index (χ4n) is 2.58. The molecule has 0 bridgehead atoms. The third-order valence-corrected chi connectivity index (χ3v) is 4.17. The van der Waals surface area contributed by atoms with E-state index >= 15 is 0 Å². The number of benzene rings is 2. The molecule has 0 N–H and O–H groups in total. The summed E-state index contributed by atoms with van der Waals surface area (Å²) in [6.45, 7) is 4.37. The molecule has 0 saturated heterocycles. The summed E-state index contributed by atoms with van der Waals surface area (Å²) in [6.07, 6.45) is 8.74. The van der Waals surface area contributed by atoms with Crippen LogP contribution in [0.2, 0.25) is 0 Å². The maximum atomic E-state index is 13.0. The second kappa shape index (κ2) is 6.15. The van der Waals surface area contributed by atoms with Crippen molar-refractivity contribution >= 4 is 5.57 Å². The Morgan fingerprint density at radius 1 is 0.818 bits per heavy atom. The third-order valence-electron chi connectivity index (χ3n) is 4.17. The topological polar surface area (TPSA) is 0 Å². The molecule has 1 atom stereocenters. The molecule has 3 rings (SSSR count). The van der Waals surface area contributed by atoms with Crippen LogP contribution in [0.3, 0.4) is 0 Å². The highest BCUT2D eigenvalue weighted by atomic mass is 19.1. The van der Waals surface area contributed by atoms with E-state index in [0.29, 0.717) is 5.92 Å². The molecule has 0 aromatic heterocycles. The van der Waals surface area contributed by atoms with Crippen molar-refractivity contribution in [3.05, 3.63) is 89.8 Å². The Morgan fingerprint density at radius 2 is 1.36 bits per heavy atom. The maximum absolute atomic E-state index is 13.0. The average molecular weight is 290 g/mol. The largest absolute Gasteiger partial charge is 0.207 e. The van der Waals surface area contributed by atoms with E-state index in [1.807, 2.05) is 12.1 Å². The molecule has 22 heavy (non-hydrogen) atoms. The summed E-state index contributed by atoms with van der Waals surface area (Å²) in [5.41, 5.74) is 5.92. The minimum atomic E-state index is -0.203. The van der Waals surface area contributed by atoms with E-state index in [-0.39, 0.29) is 5.82 Å². The summed E-state index contributed by atoms with van der Waals surface area (Å²) < 4.78 is 13.0. The molecule has 110 valence electrons. The van der Waals surface area contributed by atoms with Gasteiger partial charge in [-0.05, 0) is 47.2 Å². The van der Waals surface area contributed by atoms with Gasteiger partial charge in [0, 0.05) is 0 Å². The number of allylic oxidation sites excluding steroid dienone is 6. The van der Waals surface area contributed by atoms with Crippen molar-refractivity contribution in [2.24, 2.45) is 5.92 Å². The SMILES string of the molecule is CC1=CC(c2ccc(-c3ccc(F)cc3)cc2)=CC=CC1C. The molecule has 0 aliphatic heterocycles. The number of hydrogen-bond donors (Lipinski definition) is 0. The molecule has 1 heteroatoms. The molecule has 0 fully saturated rings. The van der Waals surface area contributed by atoms with Crippen LogP contribution in [0.15, 0.2) is 78.4 Å². The minimum Gasteiger partial charge on any atom is -0.207 e.